The summed E-state index contributed by atoms with van der Waals surface area (Å²) in [6, 6.07) is 1.33. The number of nitrogens with zero attached hydrogens (tertiary/aromatic N) is 2. The molecule has 5 nitrogen and oxygen atoms in total. The summed E-state index contributed by atoms with van der Waals surface area (Å²) in [6.45, 7) is 0. The van der Waals surface area contributed by atoms with Crippen molar-refractivity contribution in [2.75, 3.05) is 0 Å². The van der Waals surface area contributed by atoms with E-state index in [-0.39, 0.29) is 12.3 Å². The molecule has 0 aliphatic carbocycles. The summed E-state index contributed by atoms with van der Waals surface area (Å²) < 4.78 is 1.22. The van der Waals surface area contributed by atoms with Crippen molar-refractivity contribution in [3.05, 3.63) is 11.8 Å². The van der Waals surface area contributed by atoms with Gasteiger partial charge in [-0.3, -0.25) is 4.79 Å². The van der Waals surface area contributed by atoms with Gasteiger partial charge in [-0.05, 0) is 0 Å². The molecule has 0 atom stereocenters. The Bertz CT molecular complexity index is 260. The highest BCUT2D eigenvalue weighted by Crippen LogP contribution is 2.09. The highest BCUT2D eigenvalue weighted by atomic mass is 16.4. The first kappa shape index (κ1) is 7.59. The fourth-order valence-electron chi connectivity index (χ4n) is 0.757. The van der Waals surface area contributed by atoms with Crippen LogP contribution in [0.5, 0.6) is 5.88 Å². The van der Waals surface area contributed by atoms with Crippen molar-refractivity contribution in [1.29, 1.82) is 0 Å². The molecule has 1 aromatic heterocycles. The van der Waals surface area contributed by atoms with Crippen molar-refractivity contribution in [3.8, 4) is 5.88 Å². The minimum atomic E-state index is -0.955. The van der Waals surface area contributed by atoms with Gasteiger partial charge in [0.15, 0.2) is 0 Å². The second-order valence-corrected chi connectivity index (χ2v) is 2.19. The molecular weight excluding hydrogens is 148 g/mol. The monoisotopic (exact) mass is 156 g/mol. The zero-order chi connectivity index (χ0) is 8.43. The van der Waals surface area contributed by atoms with Crippen molar-refractivity contribution in [2.45, 2.75) is 6.42 Å². The number of hydrogen-bond acceptors (Lipinski definition) is 3. The molecule has 1 heterocycles. The number of aliphatic carboxylic acids is 1. The molecule has 0 radical (unpaired) electrons. The molecule has 0 aliphatic rings. The van der Waals surface area contributed by atoms with Crippen LogP contribution in [0.3, 0.4) is 0 Å². The maximum absolute atomic E-state index is 10.2. The quantitative estimate of drug-likeness (QED) is 0.619. The highest BCUT2D eigenvalue weighted by molar-refractivity contribution is 5.69. The van der Waals surface area contributed by atoms with Crippen LogP contribution in [-0.4, -0.2) is 26.0 Å². The zero-order valence-electron chi connectivity index (χ0n) is 5.98. The Morgan fingerprint density at radius 1 is 1.82 bits per heavy atom. The third-order valence-corrected chi connectivity index (χ3v) is 1.24. The molecular formula is C6H8N2O3. The maximum atomic E-state index is 10.2. The molecule has 2 N–H and O–H groups in total. The Labute approximate surface area is 62.9 Å². The van der Waals surface area contributed by atoms with Gasteiger partial charge in [-0.1, -0.05) is 0 Å². The molecule has 0 saturated heterocycles. The van der Waals surface area contributed by atoms with Gasteiger partial charge in [0.1, 0.15) is 0 Å². The van der Waals surface area contributed by atoms with E-state index >= 15 is 0 Å². The Balaban J connectivity index is 2.81. The lowest BCUT2D eigenvalue weighted by Crippen LogP contribution is -2.01. The molecule has 0 unspecified atom stereocenters. The van der Waals surface area contributed by atoms with E-state index in [9.17, 15) is 4.79 Å². The average Bonchev–Trinajstić information content (AvgIpc) is 2.10. The third-order valence-electron chi connectivity index (χ3n) is 1.24. The number of rotatable bonds is 2. The Hall–Kier alpha value is -1.52. The predicted molar refractivity (Wildman–Crippen MR) is 36.2 cm³/mol. The van der Waals surface area contributed by atoms with E-state index in [1.807, 2.05) is 0 Å². The highest BCUT2D eigenvalue weighted by Gasteiger charge is 2.06. The number of hydrogen-bond donors (Lipinski definition) is 2. The van der Waals surface area contributed by atoms with Crippen LogP contribution >= 0.6 is 0 Å². The van der Waals surface area contributed by atoms with Gasteiger partial charge in [-0.2, -0.15) is 5.10 Å². The first-order valence-corrected chi connectivity index (χ1v) is 3.03. The number of aromatic nitrogens is 2. The molecule has 0 amide bonds. The number of aryl methyl sites for hydroxylation is 1. The Morgan fingerprint density at radius 2 is 2.45 bits per heavy atom. The van der Waals surface area contributed by atoms with Crippen LogP contribution in [-0.2, 0) is 18.3 Å². The van der Waals surface area contributed by atoms with Crippen LogP contribution in [0.25, 0.3) is 0 Å². The minimum absolute atomic E-state index is 0.0266. The summed E-state index contributed by atoms with van der Waals surface area (Å²) in [7, 11) is 1.54. The minimum Gasteiger partial charge on any atom is -0.493 e. The van der Waals surface area contributed by atoms with E-state index in [4.69, 9.17) is 10.2 Å². The average molecular weight is 156 g/mol. The smallest absolute Gasteiger partial charge is 0.309 e. The lowest BCUT2D eigenvalue weighted by atomic mass is 10.3. The number of aromatic hydroxyl groups is 1. The van der Waals surface area contributed by atoms with Crippen LogP contribution in [0.4, 0.5) is 0 Å². The largest absolute Gasteiger partial charge is 0.493 e. The van der Waals surface area contributed by atoms with Gasteiger partial charge in [-0.15, -0.1) is 0 Å². The van der Waals surface area contributed by atoms with E-state index < -0.39 is 5.97 Å². The molecule has 0 aromatic carbocycles. The van der Waals surface area contributed by atoms with Crippen LogP contribution in [0, 0.1) is 0 Å². The summed E-state index contributed by atoms with van der Waals surface area (Å²) in [6.07, 6.45) is -0.158. The van der Waals surface area contributed by atoms with Gasteiger partial charge in [0.25, 0.3) is 0 Å². The van der Waals surface area contributed by atoms with Gasteiger partial charge in [0, 0.05) is 13.1 Å². The van der Waals surface area contributed by atoms with Crippen molar-refractivity contribution < 1.29 is 15.0 Å². The van der Waals surface area contributed by atoms with Crippen molar-refractivity contribution in [3.63, 3.8) is 0 Å². The van der Waals surface area contributed by atoms with Gasteiger partial charge in [0.2, 0.25) is 5.88 Å². The second-order valence-electron chi connectivity index (χ2n) is 2.19. The first-order chi connectivity index (χ1) is 5.09. The van der Waals surface area contributed by atoms with Crippen LogP contribution in [0.15, 0.2) is 6.07 Å². The van der Waals surface area contributed by atoms with E-state index in [0.717, 1.165) is 0 Å². The SMILES string of the molecule is Cn1nc(CC(=O)O)cc1O. The fourth-order valence-corrected chi connectivity index (χ4v) is 0.757. The topological polar surface area (TPSA) is 75.4 Å². The van der Waals surface area contributed by atoms with Crippen LogP contribution < -0.4 is 0 Å². The van der Waals surface area contributed by atoms with Gasteiger partial charge >= 0.3 is 5.97 Å². The molecule has 5 heteroatoms. The molecule has 0 bridgehead atoms. The Morgan fingerprint density at radius 3 is 2.82 bits per heavy atom. The van der Waals surface area contributed by atoms with Gasteiger partial charge in [0.05, 0.1) is 12.1 Å². The molecule has 0 saturated carbocycles. The first-order valence-electron chi connectivity index (χ1n) is 3.03. The normalized spacial score (nSPS) is 9.91. The predicted octanol–water partition coefficient (Wildman–Crippen LogP) is -0.247. The molecule has 1 rings (SSSR count). The van der Waals surface area contributed by atoms with Crippen LogP contribution in [0.1, 0.15) is 5.69 Å². The summed E-state index contributed by atoms with van der Waals surface area (Å²) >= 11 is 0. The van der Waals surface area contributed by atoms with E-state index in [2.05, 4.69) is 5.10 Å². The summed E-state index contributed by atoms with van der Waals surface area (Å²) in [5, 5.41) is 21.0. The zero-order valence-corrected chi connectivity index (χ0v) is 5.98. The molecule has 0 spiro atoms. The van der Waals surface area contributed by atoms with E-state index in [1.165, 1.54) is 10.7 Å². The molecule has 1 aromatic rings. The van der Waals surface area contributed by atoms with Crippen molar-refractivity contribution in [1.82, 2.24) is 9.78 Å². The number of carboxylic acid groups (broad SMARTS) is 1. The summed E-state index contributed by atoms with van der Waals surface area (Å²) in [5.74, 6) is -0.982. The molecule has 0 fully saturated rings. The van der Waals surface area contributed by atoms with Crippen molar-refractivity contribution >= 4 is 5.97 Å². The molecule has 11 heavy (non-hydrogen) atoms. The van der Waals surface area contributed by atoms with E-state index in [0.29, 0.717) is 5.69 Å². The number of carbonyl (C=O) groups is 1. The third kappa shape index (κ3) is 1.70. The summed E-state index contributed by atoms with van der Waals surface area (Å²) in [4.78, 5) is 10.2. The van der Waals surface area contributed by atoms with Gasteiger partial charge in [-0.25, -0.2) is 4.68 Å². The molecule has 60 valence electrons. The summed E-state index contributed by atoms with van der Waals surface area (Å²) in [5.41, 5.74) is 0.359. The number of carboxylic acids is 1. The molecule has 0 aliphatic heterocycles. The van der Waals surface area contributed by atoms with E-state index in [1.54, 1.807) is 7.05 Å². The van der Waals surface area contributed by atoms with Crippen molar-refractivity contribution in [2.24, 2.45) is 7.05 Å². The van der Waals surface area contributed by atoms with Crippen LogP contribution in [0.2, 0.25) is 0 Å². The lowest BCUT2D eigenvalue weighted by molar-refractivity contribution is -0.136. The maximum Gasteiger partial charge on any atom is 0.309 e. The standard InChI is InChI=1S/C6H8N2O3/c1-8-5(9)2-4(7-8)3-6(10)11/h2,9H,3H2,1H3,(H,10,11). The second kappa shape index (κ2) is 2.61. The fraction of sp³-hybridized carbons (Fsp3) is 0.333. The van der Waals surface area contributed by atoms with Gasteiger partial charge < -0.3 is 10.2 Å². The lowest BCUT2D eigenvalue weighted by Gasteiger charge is -1.88. The Kier molecular flexibility index (Phi) is 1.80.